The summed E-state index contributed by atoms with van der Waals surface area (Å²) in [6, 6.07) is -2.18. The summed E-state index contributed by atoms with van der Waals surface area (Å²) in [5, 5.41) is 29.5. The van der Waals surface area contributed by atoms with Crippen LogP contribution in [0.2, 0.25) is 0 Å². The number of rotatable bonds is 4. The normalized spacial score (nSPS) is 29.9. The van der Waals surface area contributed by atoms with Gasteiger partial charge in [0, 0.05) is 12.1 Å². The molecule has 112 valence electrons. The first-order chi connectivity index (χ1) is 9.38. The van der Waals surface area contributed by atoms with Crippen molar-refractivity contribution >= 4 is 18.0 Å². The molecule has 0 aliphatic carbocycles. The number of nitrogens with one attached hydrogen (secondary N) is 1. The lowest BCUT2D eigenvalue weighted by Gasteiger charge is -2.37. The van der Waals surface area contributed by atoms with Gasteiger partial charge < -0.3 is 25.5 Å². The molecule has 2 bridgehead atoms. The maximum Gasteiger partial charge on any atom is 0.326 e. The standard InChI is InChI=1S/C12H18N2O6/c15-8-3-6-1-2-7(4-8)14(6)12(20)13-9(11(18)19)5-10(16)17/h6-9,15H,1-5H2,(H,13,20)(H,16,17)(H,18,19)/t6?,7?,8?,9-/m1/s1. The maximum absolute atomic E-state index is 12.1. The van der Waals surface area contributed by atoms with Crippen LogP contribution in [0.3, 0.4) is 0 Å². The van der Waals surface area contributed by atoms with E-state index in [9.17, 15) is 19.5 Å². The van der Waals surface area contributed by atoms with Crippen LogP contribution in [0.4, 0.5) is 4.79 Å². The SMILES string of the molecule is O=C(O)C[C@@H](NC(=O)N1C2CCC1CC(O)C2)C(=O)O. The third-order valence-electron chi connectivity index (χ3n) is 3.92. The summed E-state index contributed by atoms with van der Waals surface area (Å²) in [4.78, 5) is 35.2. The molecule has 2 amide bonds. The Bertz CT molecular complexity index is 412. The van der Waals surface area contributed by atoms with Crippen LogP contribution in [-0.4, -0.2) is 62.4 Å². The van der Waals surface area contributed by atoms with Crippen molar-refractivity contribution in [3.8, 4) is 0 Å². The van der Waals surface area contributed by atoms with E-state index < -0.39 is 36.5 Å². The Morgan fingerprint density at radius 1 is 1.15 bits per heavy atom. The predicted molar refractivity (Wildman–Crippen MR) is 66.1 cm³/mol. The van der Waals surface area contributed by atoms with E-state index in [2.05, 4.69) is 5.32 Å². The second-order valence-electron chi connectivity index (χ2n) is 5.36. The van der Waals surface area contributed by atoms with Gasteiger partial charge in [0.15, 0.2) is 0 Å². The number of hydrogen-bond acceptors (Lipinski definition) is 4. The predicted octanol–water partition coefficient (Wildman–Crippen LogP) is -0.388. The summed E-state index contributed by atoms with van der Waals surface area (Å²) >= 11 is 0. The lowest BCUT2D eigenvalue weighted by atomic mass is 10.0. The number of carbonyl (C=O) groups excluding carboxylic acids is 1. The first kappa shape index (κ1) is 14.6. The fraction of sp³-hybridized carbons (Fsp3) is 0.750. The minimum Gasteiger partial charge on any atom is -0.481 e. The van der Waals surface area contributed by atoms with Gasteiger partial charge in [-0.25, -0.2) is 9.59 Å². The molecule has 4 N–H and O–H groups in total. The van der Waals surface area contributed by atoms with Crippen LogP contribution in [0, 0.1) is 0 Å². The summed E-state index contributed by atoms with van der Waals surface area (Å²) in [7, 11) is 0. The molecule has 8 nitrogen and oxygen atoms in total. The topological polar surface area (TPSA) is 127 Å². The first-order valence-electron chi connectivity index (χ1n) is 6.60. The van der Waals surface area contributed by atoms with Gasteiger partial charge in [-0.3, -0.25) is 4.79 Å². The van der Waals surface area contributed by atoms with Crippen LogP contribution in [0.25, 0.3) is 0 Å². The molecule has 0 aromatic rings. The van der Waals surface area contributed by atoms with Crippen LogP contribution in [0.15, 0.2) is 0 Å². The maximum atomic E-state index is 12.1. The third kappa shape index (κ3) is 3.01. The number of urea groups is 1. The Labute approximate surface area is 115 Å². The number of hydrogen-bond donors (Lipinski definition) is 4. The van der Waals surface area contributed by atoms with Crippen LogP contribution in [0.5, 0.6) is 0 Å². The molecule has 3 atom stereocenters. The number of carbonyl (C=O) groups is 3. The second-order valence-corrected chi connectivity index (χ2v) is 5.36. The summed E-state index contributed by atoms with van der Waals surface area (Å²) in [6.07, 6.45) is 1.46. The van der Waals surface area contributed by atoms with Crippen LogP contribution >= 0.6 is 0 Å². The summed E-state index contributed by atoms with van der Waals surface area (Å²) in [6.45, 7) is 0. The Morgan fingerprint density at radius 3 is 2.15 bits per heavy atom. The van der Waals surface area contributed by atoms with Crippen LogP contribution < -0.4 is 5.32 Å². The fourth-order valence-electron chi connectivity index (χ4n) is 3.08. The van der Waals surface area contributed by atoms with Crippen molar-refractivity contribution in [1.29, 1.82) is 0 Å². The van der Waals surface area contributed by atoms with Gasteiger partial charge in [-0.05, 0) is 25.7 Å². The van der Waals surface area contributed by atoms with Crippen molar-refractivity contribution in [2.75, 3.05) is 0 Å². The number of aliphatic hydroxyl groups excluding tert-OH is 1. The molecule has 2 saturated heterocycles. The molecule has 20 heavy (non-hydrogen) atoms. The molecule has 2 fully saturated rings. The zero-order valence-corrected chi connectivity index (χ0v) is 10.9. The molecule has 8 heteroatoms. The van der Waals surface area contributed by atoms with Crippen LogP contribution in [0.1, 0.15) is 32.1 Å². The molecule has 0 saturated carbocycles. The average molecular weight is 286 g/mol. The molecule has 2 aliphatic rings. The molecule has 2 heterocycles. The summed E-state index contributed by atoms with van der Waals surface area (Å²) in [5.41, 5.74) is 0. The van der Waals surface area contributed by atoms with Gasteiger partial charge in [-0.1, -0.05) is 0 Å². The summed E-state index contributed by atoms with van der Waals surface area (Å²) in [5.74, 6) is -2.65. The number of aliphatic hydroxyl groups is 1. The van der Waals surface area contributed by atoms with E-state index in [4.69, 9.17) is 10.2 Å². The fourth-order valence-corrected chi connectivity index (χ4v) is 3.08. The zero-order valence-electron chi connectivity index (χ0n) is 10.9. The number of aliphatic carboxylic acids is 2. The average Bonchev–Trinajstić information content (AvgIpc) is 2.60. The summed E-state index contributed by atoms with van der Waals surface area (Å²) < 4.78 is 0. The van der Waals surface area contributed by atoms with Gasteiger partial charge in [-0.15, -0.1) is 0 Å². The van der Waals surface area contributed by atoms with Crippen molar-refractivity contribution in [2.45, 2.75) is 56.3 Å². The highest BCUT2D eigenvalue weighted by Gasteiger charge is 2.43. The molecule has 0 spiro atoms. The van der Waals surface area contributed by atoms with Gasteiger partial charge >= 0.3 is 18.0 Å². The smallest absolute Gasteiger partial charge is 0.326 e. The molecular formula is C12H18N2O6. The lowest BCUT2D eigenvalue weighted by molar-refractivity contribution is -0.145. The Hall–Kier alpha value is -1.83. The largest absolute Gasteiger partial charge is 0.481 e. The Morgan fingerprint density at radius 2 is 1.70 bits per heavy atom. The van der Waals surface area contributed by atoms with E-state index in [1.54, 1.807) is 4.90 Å². The van der Waals surface area contributed by atoms with E-state index in [-0.39, 0.29) is 12.1 Å². The van der Waals surface area contributed by atoms with E-state index in [1.807, 2.05) is 0 Å². The third-order valence-corrected chi connectivity index (χ3v) is 3.92. The van der Waals surface area contributed by atoms with Gasteiger partial charge in [0.1, 0.15) is 6.04 Å². The van der Waals surface area contributed by atoms with Crippen molar-refractivity contribution in [2.24, 2.45) is 0 Å². The molecule has 2 unspecified atom stereocenters. The lowest BCUT2D eigenvalue weighted by Crippen LogP contribution is -2.55. The number of nitrogens with zero attached hydrogens (tertiary/aromatic N) is 1. The molecule has 2 rings (SSSR count). The number of carboxylic acid groups (broad SMARTS) is 2. The van der Waals surface area contributed by atoms with Crippen LogP contribution in [-0.2, 0) is 9.59 Å². The Kier molecular flexibility index (Phi) is 4.12. The highest BCUT2D eigenvalue weighted by atomic mass is 16.4. The number of fused-ring (bicyclic) bond motifs is 2. The van der Waals surface area contributed by atoms with Crippen molar-refractivity contribution in [3.05, 3.63) is 0 Å². The molecule has 0 aromatic carbocycles. The molecular weight excluding hydrogens is 268 g/mol. The minimum atomic E-state index is -1.44. The second kappa shape index (κ2) is 5.66. The van der Waals surface area contributed by atoms with E-state index >= 15 is 0 Å². The van der Waals surface area contributed by atoms with Crippen molar-refractivity contribution < 1.29 is 29.7 Å². The highest BCUT2D eigenvalue weighted by Crippen LogP contribution is 2.35. The zero-order chi connectivity index (χ0) is 14.9. The van der Waals surface area contributed by atoms with Gasteiger partial charge in [0.2, 0.25) is 0 Å². The van der Waals surface area contributed by atoms with Crippen molar-refractivity contribution in [1.82, 2.24) is 10.2 Å². The van der Waals surface area contributed by atoms with E-state index in [1.165, 1.54) is 0 Å². The van der Waals surface area contributed by atoms with Gasteiger partial charge in [0.05, 0.1) is 12.5 Å². The van der Waals surface area contributed by atoms with E-state index in [0.29, 0.717) is 12.8 Å². The molecule has 0 aromatic heterocycles. The van der Waals surface area contributed by atoms with Gasteiger partial charge in [0.25, 0.3) is 0 Å². The number of piperidine rings is 1. The minimum absolute atomic E-state index is 0.0944. The Balaban J connectivity index is 2.00. The van der Waals surface area contributed by atoms with Crippen molar-refractivity contribution in [3.63, 3.8) is 0 Å². The number of amides is 2. The van der Waals surface area contributed by atoms with E-state index in [0.717, 1.165) is 12.8 Å². The molecule has 2 aliphatic heterocycles. The van der Waals surface area contributed by atoms with Gasteiger partial charge in [-0.2, -0.15) is 0 Å². The first-order valence-corrected chi connectivity index (χ1v) is 6.60. The number of carboxylic acids is 2. The quantitative estimate of drug-likeness (QED) is 0.557. The highest BCUT2D eigenvalue weighted by molar-refractivity contribution is 5.86. The monoisotopic (exact) mass is 286 g/mol. The molecule has 0 radical (unpaired) electrons.